The largest absolute Gasteiger partial charge is 0.310 e. The summed E-state index contributed by atoms with van der Waals surface area (Å²) in [5.41, 5.74) is 0.791. The second-order valence-corrected chi connectivity index (χ2v) is 4.50. The maximum Gasteiger partial charge on any atom is 0.142 e. The van der Waals surface area contributed by atoms with Crippen molar-refractivity contribution in [3.05, 3.63) is 34.1 Å². The highest BCUT2D eigenvalue weighted by Gasteiger charge is 2.18. The van der Waals surface area contributed by atoms with E-state index < -0.39 is 0 Å². The van der Waals surface area contributed by atoms with Crippen molar-refractivity contribution in [1.29, 1.82) is 0 Å². The topological polar surface area (TPSA) is 12.0 Å². The average Bonchev–Trinajstić information content (AvgIpc) is 2.23. The molecule has 4 heteroatoms. The van der Waals surface area contributed by atoms with E-state index in [0.717, 1.165) is 18.5 Å². The van der Waals surface area contributed by atoms with Crippen molar-refractivity contribution in [1.82, 2.24) is 5.32 Å². The van der Waals surface area contributed by atoms with Crippen LogP contribution in [0.15, 0.2) is 22.7 Å². The molecule has 0 unspecified atom stereocenters. The molecular formula is C11H14BrClFN. The maximum atomic E-state index is 13.7. The van der Waals surface area contributed by atoms with Gasteiger partial charge >= 0.3 is 0 Å². The lowest BCUT2D eigenvalue weighted by Gasteiger charge is -2.24. The van der Waals surface area contributed by atoms with E-state index in [9.17, 15) is 4.39 Å². The highest BCUT2D eigenvalue weighted by atomic mass is 79.9. The Morgan fingerprint density at radius 1 is 1.33 bits per heavy atom. The van der Waals surface area contributed by atoms with Crippen molar-refractivity contribution in [2.45, 2.75) is 25.3 Å². The number of rotatable bonds is 1. The zero-order valence-electron chi connectivity index (χ0n) is 8.30. The van der Waals surface area contributed by atoms with Crippen LogP contribution in [0.5, 0.6) is 0 Å². The Labute approximate surface area is 104 Å². The summed E-state index contributed by atoms with van der Waals surface area (Å²) in [6.07, 6.45) is 3.42. The molecule has 1 fully saturated rings. The fourth-order valence-corrected chi connectivity index (χ4v) is 2.29. The lowest BCUT2D eigenvalue weighted by atomic mass is 9.97. The predicted molar refractivity (Wildman–Crippen MR) is 65.9 cm³/mol. The fraction of sp³-hybridized carbons (Fsp3) is 0.455. The number of hydrogen-bond donors (Lipinski definition) is 1. The Morgan fingerprint density at radius 3 is 2.80 bits per heavy atom. The van der Waals surface area contributed by atoms with Gasteiger partial charge in [0, 0.05) is 11.6 Å². The number of piperidine rings is 1. The third-order valence-corrected chi connectivity index (χ3v) is 3.28. The Kier molecular flexibility index (Phi) is 5.03. The van der Waals surface area contributed by atoms with Gasteiger partial charge in [-0.2, -0.15) is 0 Å². The van der Waals surface area contributed by atoms with Crippen LogP contribution in [0.2, 0.25) is 0 Å². The average molecular weight is 295 g/mol. The minimum atomic E-state index is -0.119. The summed E-state index contributed by atoms with van der Waals surface area (Å²) in [5, 5.41) is 3.34. The molecule has 1 atom stereocenters. The van der Waals surface area contributed by atoms with Crippen LogP contribution in [0.25, 0.3) is 0 Å². The van der Waals surface area contributed by atoms with Crippen LogP contribution in [-0.2, 0) is 0 Å². The molecule has 0 aliphatic carbocycles. The van der Waals surface area contributed by atoms with Crippen LogP contribution < -0.4 is 5.32 Å². The van der Waals surface area contributed by atoms with Gasteiger partial charge < -0.3 is 5.32 Å². The molecule has 0 amide bonds. The quantitative estimate of drug-likeness (QED) is 0.830. The van der Waals surface area contributed by atoms with Crippen LogP contribution in [-0.4, -0.2) is 6.54 Å². The van der Waals surface area contributed by atoms with Gasteiger partial charge in [0.2, 0.25) is 0 Å². The highest BCUT2D eigenvalue weighted by molar-refractivity contribution is 9.10. The summed E-state index contributed by atoms with van der Waals surface area (Å²) < 4.78 is 14.3. The minimum absolute atomic E-state index is 0. The van der Waals surface area contributed by atoms with Crippen molar-refractivity contribution in [3.63, 3.8) is 0 Å². The van der Waals surface area contributed by atoms with E-state index in [2.05, 4.69) is 21.2 Å². The number of halogens is 3. The molecule has 2 rings (SSSR count). The van der Waals surface area contributed by atoms with E-state index in [4.69, 9.17) is 0 Å². The van der Waals surface area contributed by atoms with Gasteiger partial charge in [-0.15, -0.1) is 12.4 Å². The van der Waals surface area contributed by atoms with Gasteiger partial charge in [-0.3, -0.25) is 0 Å². The second kappa shape index (κ2) is 5.83. The number of nitrogens with one attached hydrogen (secondary N) is 1. The highest BCUT2D eigenvalue weighted by Crippen LogP contribution is 2.28. The summed E-state index contributed by atoms with van der Waals surface area (Å²) in [7, 11) is 0. The first-order valence-corrected chi connectivity index (χ1v) is 5.75. The molecule has 1 aliphatic rings. The monoisotopic (exact) mass is 293 g/mol. The van der Waals surface area contributed by atoms with Crippen molar-refractivity contribution in [2.24, 2.45) is 0 Å². The van der Waals surface area contributed by atoms with Crippen LogP contribution >= 0.6 is 28.3 Å². The van der Waals surface area contributed by atoms with E-state index in [1.54, 1.807) is 6.07 Å². The lowest BCUT2D eigenvalue weighted by Crippen LogP contribution is -2.27. The molecule has 1 saturated heterocycles. The Hall–Kier alpha value is -0.120. The van der Waals surface area contributed by atoms with Gasteiger partial charge in [-0.05, 0) is 41.4 Å². The van der Waals surface area contributed by atoms with E-state index in [1.807, 2.05) is 12.1 Å². The molecule has 1 aromatic rings. The third kappa shape index (κ3) is 2.92. The molecule has 1 heterocycles. The molecule has 15 heavy (non-hydrogen) atoms. The molecule has 0 bridgehead atoms. The molecule has 0 radical (unpaired) electrons. The minimum Gasteiger partial charge on any atom is -0.310 e. The maximum absolute atomic E-state index is 13.7. The standard InChI is InChI=1S/C11H13BrFN.ClH/c12-9-5-3-4-8(11(9)13)10-6-1-2-7-14-10;/h3-5,10,14H,1-2,6-7H2;1H/t10-;/m0./s1. The molecule has 1 aliphatic heterocycles. The van der Waals surface area contributed by atoms with Crippen LogP contribution in [0, 0.1) is 5.82 Å². The normalized spacial score (nSPS) is 20.8. The molecule has 84 valence electrons. The summed E-state index contributed by atoms with van der Waals surface area (Å²) in [6, 6.07) is 5.69. The van der Waals surface area contributed by atoms with E-state index >= 15 is 0 Å². The van der Waals surface area contributed by atoms with Crippen molar-refractivity contribution in [3.8, 4) is 0 Å². The first-order chi connectivity index (χ1) is 6.79. The van der Waals surface area contributed by atoms with Crippen LogP contribution in [0.1, 0.15) is 30.9 Å². The van der Waals surface area contributed by atoms with Gasteiger partial charge in [0.05, 0.1) is 4.47 Å². The zero-order chi connectivity index (χ0) is 9.97. The fourth-order valence-electron chi connectivity index (χ4n) is 1.91. The Bertz CT molecular complexity index is 326. The number of hydrogen-bond acceptors (Lipinski definition) is 1. The smallest absolute Gasteiger partial charge is 0.142 e. The molecular weight excluding hydrogens is 280 g/mol. The van der Waals surface area contributed by atoms with Gasteiger partial charge in [0.15, 0.2) is 0 Å². The summed E-state index contributed by atoms with van der Waals surface area (Å²) in [4.78, 5) is 0. The second-order valence-electron chi connectivity index (χ2n) is 3.65. The first-order valence-electron chi connectivity index (χ1n) is 4.96. The molecule has 1 nitrogen and oxygen atoms in total. The van der Waals surface area contributed by atoms with Crippen molar-refractivity contribution < 1.29 is 4.39 Å². The van der Waals surface area contributed by atoms with Crippen molar-refractivity contribution >= 4 is 28.3 Å². The SMILES string of the molecule is Cl.Fc1c(Br)cccc1[C@@H]1CCCCN1. The van der Waals surface area contributed by atoms with Gasteiger partial charge in [0.1, 0.15) is 5.82 Å². The lowest BCUT2D eigenvalue weighted by molar-refractivity contribution is 0.399. The Morgan fingerprint density at radius 2 is 2.13 bits per heavy atom. The van der Waals surface area contributed by atoms with E-state index in [1.165, 1.54) is 12.8 Å². The molecule has 1 N–H and O–H groups in total. The molecule has 0 spiro atoms. The summed E-state index contributed by atoms with van der Waals surface area (Å²) in [6.45, 7) is 0.997. The van der Waals surface area contributed by atoms with Crippen LogP contribution in [0.4, 0.5) is 4.39 Å². The number of benzene rings is 1. The van der Waals surface area contributed by atoms with E-state index in [-0.39, 0.29) is 24.3 Å². The van der Waals surface area contributed by atoms with Crippen molar-refractivity contribution in [2.75, 3.05) is 6.54 Å². The zero-order valence-corrected chi connectivity index (χ0v) is 10.7. The summed E-state index contributed by atoms with van der Waals surface area (Å²) in [5.74, 6) is -0.119. The summed E-state index contributed by atoms with van der Waals surface area (Å²) >= 11 is 3.21. The predicted octanol–water partition coefficient (Wildman–Crippen LogP) is 3.82. The molecule has 0 saturated carbocycles. The van der Waals surface area contributed by atoms with Crippen LogP contribution in [0.3, 0.4) is 0 Å². The van der Waals surface area contributed by atoms with Gasteiger partial charge in [-0.25, -0.2) is 4.39 Å². The Balaban J connectivity index is 0.00000112. The van der Waals surface area contributed by atoms with E-state index in [0.29, 0.717) is 4.47 Å². The molecule has 1 aromatic carbocycles. The third-order valence-electron chi connectivity index (χ3n) is 2.67. The van der Waals surface area contributed by atoms with Gasteiger partial charge in [-0.1, -0.05) is 18.6 Å². The molecule has 0 aromatic heterocycles. The van der Waals surface area contributed by atoms with Gasteiger partial charge in [0.25, 0.3) is 0 Å². The first kappa shape index (κ1) is 12.9.